The Labute approximate surface area is 189 Å². The van der Waals surface area contributed by atoms with Crippen molar-refractivity contribution in [1.29, 1.82) is 0 Å². The monoisotopic (exact) mass is 492 g/mol. The molecular formula is C17H18ClFN4O4S3. The summed E-state index contributed by atoms with van der Waals surface area (Å²) in [4.78, 5) is 49.0. The number of aromatic nitrogens is 1. The highest BCUT2D eigenvalue weighted by Crippen LogP contribution is 2.43. The van der Waals surface area contributed by atoms with Crippen LogP contribution in [0.25, 0.3) is 0 Å². The standard InChI is InChI=1S/C17H18ClFN4O4S3/c1-7(24)13-9(28-3)6-29-17-12(16(26)23(13)17)21-15(25)11(22-27-5-4-19)10-14(18)30-8(2)20-10/h12,17H,4-6H2,1-3H3,(H,21,25)/b22-11-/t12-,17-/m1/s1. The van der Waals surface area contributed by atoms with Crippen molar-refractivity contribution in [1.82, 2.24) is 15.2 Å². The van der Waals surface area contributed by atoms with Crippen molar-refractivity contribution in [3.05, 3.63) is 25.6 Å². The summed E-state index contributed by atoms with van der Waals surface area (Å²) in [5.41, 5.74) is 0.238. The van der Waals surface area contributed by atoms with Gasteiger partial charge in [-0.25, -0.2) is 9.37 Å². The van der Waals surface area contributed by atoms with Crippen LogP contribution in [0.3, 0.4) is 0 Å². The molecular weight excluding hydrogens is 475 g/mol. The molecule has 0 aliphatic carbocycles. The second-order valence-electron chi connectivity index (χ2n) is 6.21. The molecule has 0 unspecified atom stereocenters. The number of oxime groups is 1. The Morgan fingerprint density at radius 1 is 1.50 bits per heavy atom. The van der Waals surface area contributed by atoms with E-state index >= 15 is 0 Å². The summed E-state index contributed by atoms with van der Waals surface area (Å²) in [7, 11) is 0. The number of β-lactam (4-membered cyclic amide) rings is 1. The molecule has 30 heavy (non-hydrogen) atoms. The smallest absolute Gasteiger partial charge is 0.276 e. The van der Waals surface area contributed by atoms with Crippen molar-refractivity contribution in [2.45, 2.75) is 25.3 Å². The summed E-state index contributed by atoms with van der Waals surface area (Å²) in [6.45, 7) is 2.01. The maximum Gasteiger partial charge on any atom is 0.276 e. The number of hydrogen-bond donors (Lipinski definition) is 1. The van der Waals surface area contributed by atoms with Crippen LogP contribution in [0.15, 0.2) is 15.8 Å². The average Bonchev–Trinajstić information content (AvgIpc) is 3.05. The van der Waals surface area contributed by atoms with E-state index in [0.29, 0.717) is 16.5 Å². The van der Waals surface area contributed by atoms with Crippen LogP contribution in [0.2, 0.25) is 4.34 Å². The molecule has 0 saturated carbocycles. The molecule has 1 fully saturated rings. The van der Waals surface area contributed by atoms with Gasteiger partial charge in [0.15, 0.2) is 11.5 Å². The van der Waals surface area contributed by atoms with Crippen molar-refractivity contribution in [2.75, 3.05) is 25.3 Å². The van der Waals surface area contributed by atoms with Gasteiger partial charge >= 0.3 is 0 Å². The first-order valence-corrected chi connectivity index (χ1v) is 12.2. The zero-order valence-electron chi connectivity index (χ0n) is 16.2. The van der Waals surface area contributed by atoms with Gasteiger partial charge in [-0.2, -0.15) is 0 Å². The van der Waals surface area contributed by atoms with Gasteiger partial charge in [0.05, 0.1) is 10.7 Å². The predicted molar refractivity (Wildman–Crippen MR) is 117 cm³/mol. The number of amides is 2. The van der Waals surface area contributed by atoms with Crippen molar-refractivity contribution in [2.24, 2.45) is 5.16 Å². The van der Waals surface area contributed by atoms with Crippen LogP contribution < -0.4 is 5.32 Å². The number of carbonyl (C=O) groups excluding carboxylic acids is 3. The van der Waals surface area contributed by atoms with E-state index < -0.39 is 24.0 Å². The molecule has 2 aliphatic heterocycles. The Balaban J connectivity index is 1.81. The number of hydrogen-bond acceptors (Lipinski definition) is 9. The van der Waals surface area contributed by atoms with E-state index in [0.717, 1.165) is 16.2 Å². The van der Waals surface area contributed by atoms with Crippen LogP contribution >= 0.6 is 46.5 Å². The van der Waals surface area contributed by atoms with Crippen LogP contribution in [0.4, 0.5) is 4.39 Å². The summed E-state index contributed by atoms with van der Waals surface area (Å²) >= 11 is 10.2. The number of thioether (sulfide) groups is 2. The Morgan fingerprint density at radius 3 is 2.80 bits per heavy atom. The van der Waals surface area contributed by atoms with Crippen LogP contribution in [0.5, 0.6) is 0 Å². The number of Topliss-reactive ketones (excluding diaryl/α,β-unsaturated/α-hetero) is 1. The third kappa shape index (κ3) is 4.36. The number of rotatable bonds is 8. The van der Waals surface area contributed by atoms with E-state index in [-0.39, 0.29) is 34.0 Å². The molecule has 162 valence electrons. The SMILES string of the molecule is CSC1=C(C(C)=O)N2C(=O)[C@@H](NC(=O)/C(=N\OCCF)c3nc(C)sc3Cl)[C@H]2SC1. The fourth-order valence-electron chi connectivity index (χ4n) is 2.99. The van der Waals surface area contributed by atoms with Gasteiger partial charge in [-0.05, 0) is 13.2 Å². The first-order valence-electron chi connectivity index (χ1n) is 8.73. The molecule has 2 amide bonds. The molecule has 1 aromatic rings. The third-order valence-electron chi connectivity index (χ3n) is 4.26. The maximum absolute atomic E-state index is 12.9. The Kier molecular flexibility index (Phi) is 7.43. The highest BCUT2D eigenvalue weighted by molar-refractivity contribution is 8.05. The van der Waals surface area contributed by atoms with Gasteiger partial charge in [-0.1, -0.05) is 16.8 Å². The van der Waals surface area contributed by atoms with Crippen LogP contribution in [-0.4, -0.2) is 69.9 Å². The summed E-state index contributed by atoms with van der Waals surface area (Å²) in [6, 6.07) is -0.842. The minimum absolute atomic E-state index is 0.101. The number of nitrogens with one attached hydrogen (secondary N) is 1. The Hall–Kier alpha value is -1.63. The van der Waals surface area contributed by atoms with Crippen molar-refractivity contribution < 1.29 is 23.6 Å². The number of thiazole rings is 1. The minimum atomic E-state index is -0.842. The summed E-state index contributed by atoms with van der Waals surface area (Å²) in [6.07, 6.45) is 1.85. The lowest BCUT2D eigenvalue weighted by atomic mass is 10.0. The highest BCUT2D eigenvalue weighted by atomic mass is 35.5. The van der Waals surface area contributed by atoms with Crippen molar-refractivity contribution in [3.8, 4) is 0 Å². The number of fused-ring (bicyclic) bond motifs is 1. The van der Waals surface area contributed by atoms with E-state index in [4.69, 9.17) is 16.4 Å². The number of allylic oxidation sites excluding steroid dienone is 1. The topological polar surface area (TPSA) is 101 Å². The van der Waals surface area contributed by atoms with E-state index in [2.05, 4.69) is 15.5 Å². The van der Waals surface area contributed by atoms with Crippen molar-refractivity contribution in [3.63, 3.8) is 0 Å². The van der Waals surface area contributed by atoms with E-state index in [1.165, 1.54) is 35.3 Å². The highest BCUT2D eigenvalue weighted by Gasteiger charge is 2.53. The van der Waals surface area contributed by atoms with E-state index in [1.54, 1.807) is 6.92 Å². The molecule has 1 aromatic heterocycles. The van der Waals surface area contributed by atoms with E-state index in [1.807, 2.05) is 6.26 Å². The second-order valence-corrected chi connectivity index (χ2v) is 10.0. The molecule has 0 bridgehead atoms. The summed E-state index contributed by atoms with van der Waals surface area (Å²) in [5, 5.41) is 6.52. The molecule has 0 radical (unpaired) electrons. The molecule has 1 saturated heterocycles. The fourth-order valence-corrected chi connectivity index (χ4v) is 6.39. The summed E-state index contributed by atoms with van der Waals surface area (Å²) < 4.78 is 12.6. The Morgan fingerprint density at radius 2 is 2.23 bits per heavy atom. The predicted octanol–water partition coefficient (Wildman–Crippen LogP) is 2.36. The van der Waals surface area contributed by atoms with Crippen molar-refractivity contribution >= 4 is 69.8 Å². The molecule has 2 aliphatic rings. The third-order valence-corrected chi connectivity index (χ3v) is 7.72. The molecule has 13 heteroatoms. The number of aryl methyl sites for hydroxylation is 1. The lowest BCUT2D eigenvalue weighted by molar-refractivity contribution is -0.146. The summed E-state index contributed by atoms with van der Waals surface area (Å²) in [5.74, 6) is -0.742. The largest absolute Gasteiger partial charge is 0.392 e. The van der Waals surface area contributed by atoms with Gasteiger partial charge in [-0.3, -0.25) is 19.3 Å². The molecule has 2 atom stereocenters. The zero-order chi connectivity index (χ0) is 22.0. The number of nitrogens with zero attached hydrogens (tertiary/aromatic N) is 3. The normalized spacial score (nSPS) is 21.3. The molecule has 3 rings (SSSR count). The molecule has 8 nitrogen and oxygen atoms in total. The molecule has 0 spiro atoms. The number of carbonyl (C=O) groups is 3. The van der Waals surface area contributed by atoms with Gasteiger partial charge < -0.3 is 10.2 Å². The van der Waals surface area contributed by atoms with Gasteiger partial charge in [0.1, 0.15) is 34.7 Å². The van der Waals surface area contributed by atoms with Gasteiger partial charge in [0, 0.05) is 17.6 Å². The second kappa shape index (κ2) is 9.67. The number of alkyl halides is 1. The van der Waals surface area contributed by atoms with E-state index in [9.17, 15) is 18.8 Å². The molecule has 0 aromatic carbocycles. The van der Waals surface area contributed by atoms with Gasteiger partial charge in [0.25, 0.3) is 11.8 Å². The Bertz CT molecular complexity index is 951. The molecule has 1 N–H and O–H groups in total. The number of ketones is 1. The van der Waals surface area contributed by atoms with Crippen LogP contribution in [0, 0.1) is 6.92 Å². The lowest BCUT2D eigenvalue weighted by Crippen LogP contribution is -2.70. The number of halogens is 2. The maximum atomic E-state index is 12.9. The van der Waals surface area contributed by atoms with Crippen LogP contribution in [0.1, 0.15) is 17.6 Å². The first kappa shape index (κ1) is 23.0. The minimum Gasteiger partial charge on any atom is -0.392 e. The average molecular weight is 493 g/mol. The first-order chi connectivity index (χ1) is 14.3. The fraction of sp³-hybridized carbons (Fsp3) is 0.471. The zero-order valence-corrected chi connectivity index (χ0v) is 19.4. The lowest BCUT2D eigenvalue weighted by Gasteiger charge is -2.49. The van der Waals surface area contributed by atoms with Gasteiger partial charge in [0.2, 0.25) is 0 Å². The van der Waals surface area contributed by atoms with Gasteiger partial charge in [-0.15, -0.1) is 34.9 Å². The van der Waals surface area contributed by atoms with Crippen LogP contribution in [-0.2, 0) is 19.2 Å². The molecule has 3 heterocycles. The quantitative estimate of drug-likeness (QED) is 0.257.